The van der Waals surface area contributed by atoms with Gasteiger partial charge in [-0.05, 0) is 43.9 Å². The van der Waals surface area contributed by atoms with Crippen molar-refractivity contribution in [3.05, 3.63) is 66.0 Å². The average Bonchev–Trinajstić information content (AvgIpc) is 3.12. The van der Waals surface area contributed by atoms with Gasteiger partial charge in [-0.2, -0.15) is 0 Å². The number of carboxylic acids is 1. The van der Waals surface area contributed by atoms with E-state index in [1.54, 1.807) is 24.7 Å². The van der Waals surface area contributed by atoms with Gasteiger partial charge in [0.25, 0.3) is 0 Å². The maximum Gasteiger partial charge on any atom is 0.334 e. The van der Waals surface area contributed by atoms with Crippen molar-refractivity contribution in [1.29, 1.82) is 0 Å². The molecule has 3 N–H and O–H groups in total. The summed E-state index contributed by atoms with van der Waals surface area (Å²) in [4.78, 5) is 19.5. The second kappa shape index (κ2) is 9.10. The molecule has 0 aliphatic rings. The lowest BCUT2D eigenvalue weighted by Crippen LogP contribution is -2.26. The highest BCUT2D eigenvalue weighted by atomic mass is 19.1. The largest absolute Gasteiger partial charge is 0.479 e. The number of aromatic nitrogens is 2. The van der Waals surface area contributed by atoms with E-state index in [0.717, 1.165) is 11.1 Å². The molecule has 0 aliphatic heterocycles. The minimum Gasteiger partial charge on any atom is -0.479 e. The number of allylic oxidation sites excluding steroid dienone is 2. The Kier molecular flexibility index (Phi) is 6.85. The molecule has 0 spiro atoms. The Morgan fingerprint density at radius 2 is 2.16 bits per heavy atom. The number of carboxylic acid groups (broad SMARTS) is 1. The van der Waals surface area contributed by atoms with Gasteiger partial charge in [0.1, 0.15) is 5.82 Å². The van der Waals surface area contributed by atoms with Crippen molar-refractivity contribution in [2.75, 3.05) is 0 Å². The van der Waals surface area contributed by atoms with Crippen molar-refractivity contribution >= 4 is 5.97 Å². The van der Waals surface area contributed by atoms with E-state index in [1.807, 2.05) is 23.8 Å². The molecule has 2 aromatic rings. The molecular formula is C18H22FN3O3. The van der Waals surface area contributed by atoms with Crippen molar-refractivity contribution in [3.63, 3.8) is 0 Å². The zero-order valence-corrected chi connectivity index (χ0v) is 14.0. The Labute approximate surface area is 145 Å². The minimum absolute atomic E-state index is 0.00929. The van der Waals surface area contributed by atoms with Crippen LogP contribution in [0.2, 0.25) is 0 Å². The summed E-state index contributed by atoms with van der Waals surface area (Å²) in [6.07, 6.45) is 7.74. The molecule has 0 fully saturated rings. The van der Waals surface area contributed by atoms with E-state index in [4.69, 9.17) is 11.0 Å². The average molecular weight is 347 g/mol. The van der Waals surface area contributed by atoms with E-state index in [-0.39, 0.29) is 18.3 Å². The molecule has 0 radical (unpaired) electrons. The Hall–Kier alpha value is -2.51. The van der Waals surface area contributed by atoms with Crippen LogP contribution >= 0.6 is 0 Å². The third-order valence-electron chi connectivity index (χ3n) is 4.09. The summed E-state index contributed by atoms with van der Waals surface area (Å²) in [5.74, 6) is 3.65. The third-order valence-corrected chi connectivity index (χ3v) is 4.09. The Balaban J connectivity index is 2.10. The van der Waals surface area contributed by atoms with Gasteiger partial charge in [-0.25, -0.2) is 20.1 Å². The van der Waals surface area contributed by atoms with Crippen LogP contribution in [0.5, 0.6) is 0 Å². The van der Waals surface area contributed by atoms with E-state index in [9.17, 15) is 9.18 Å². The smallest absolute Gasteiger partial charge is 0.334 e. The van der Waals surface area contributed by atoms with Gasteiger partial charge in [-0.3, -0.25) is 4.84 Å². The fourth-order valence-electron chi connectivity index (χ4n) is 2.65. The highest BCUT2D eigenvalue weighted by Crippen LogP contribution is 2.23. The van der Waals surface area contributed by atoms with Gasteiger partial charge in [0.2, 0.25) is 0 Å². The highest BCUT2D eigenvalue weighted by molar-refractivity contribution is 5.72. The first-order chi connectivity index (χ1) is 12.0. The minimum atomic E-state index is -1.08. The zero-order chi connectivity index (χ0) is 18.2. The summed E-state index contributed by atoms with van der Waals surface area (Å²) in [7, 11) is 0. The van der Waals surface area contributed by atoms with Crippen molar-refractivity contribution in [1.82, 2.24) is 9.55 Å². The number of hydrogen-bond donors (Lipinski definition) is 2. The van der Waals surface area contributed by atoms with Crippen LogP contribution in [0.1, 0.15) is 31.4 Å². The first-order valence-corrected chi connectivity index (χ1v) is 7.98. The van der Waals surface area contributed by atoms with Gasteiger partial charge < -0.3 is 9.67 Å². The number of aliphatic carboxylic acids is 1. The molecule has 7 heteroatoms. The van der Waals surface area contributed by atoms with E-state index in [2.05, 4.69) is 9.82 Å². The topological polar surface area (TPSA) is 90.4 Å². The molecule has 0 amide bonds. The molecule has 1 heterocycles. The van der Waals surface area contributed by atoms with E-state index in [1.165, 1.54) is 12.1 Å². The summed E-state index contributed by atoms with van der Waals surface area (Å²) >= 11 is 0. The monoisotopic (exact) mass is 347 g/mol. The standard InChI is InChI=1S/C18H22FN3O3/c1-13(3-2-4-17(25-20)18(23)24)16(22-10-9-21-12-22)11-14-5-7-15(19)8-6-14/h3,5-10,12,16-17H,2,4,11,20H2,1H3,(H,23,24). The molecule has 6 nitrogen and oxygen atoms in total. The maximum atomic E-state index is 13.1. The molecule has 1 aromatic heterocycles. The molecule has 0 saturated heterocycles. The van der Waals surface area contributed by atoms with Crippen LogP contribution in [0.4, 0.5) is 4.39 Å². The van der Waals surface area contributed by atoms with Gasteiger partial charge in [0.05, 0.1) is 12.4 Å². The van der Waals surface area contributed by atoms with Gasteiger partial charge >= 0.3 is 5.97 Å². The Morgan fingerprint density at radius 1 is 1.44 bits per heavy atom. The van der Waals surface area contributed by atoms with Crippen molar-refractivity contribution < 1.29 is 19.1 Å². The van der Waals surface area contributed by atoms with Crippen LogP contribution < -0.4 is 5.90 Å². The van der Waals surface area contributed by atoms with Gasteiger partial charge in [0, 0.05) is 12.4 Å². The molecule has 2 rings (SSSR count). The van der Waals surface area contributed by atoms with Gasteiger partial charge in [0.15, 0.2) is 6.10 Å². The Morgan fingerprint density at radius 3 is 2.72 bits per heavy atom. The number of carbonyl (C=O) groups is 1. The lowest BCUT2D eigenvalue weighted by Gasteiger charge is -2.20. The Bertz CT molecular complexity index is 699. The first-order valence-electron chi connectivity index (χ1n) is 7.98. The second-order valence-corrected chi connectivity index (χ2v) is 5.84. The summed E-state index contributed by atoms with van der Waals surface area (Å²) in [5, 5.41) is 8.95. The van der Waals surface area contributed by atoms with Crippen molar-refractivity contribution in [3.8, 4) is 0 Å². The lowest BCUT2D eigenvalue weighted by molar-refractivity contribution is -0.151. The molecule has 0 saturated carbocycles. The number of nitrogens with two attached hydrogens (primary N) is 1. The highest BCUT2D eigenvalue weighted by Gasteiger charge is 2.17. The van der Waals surface area contributed by atoms with Crippen LogP contribution in [0.15, 0.2) is 54.6 Å². The number of halogens is 1. The van der Waals surface area contributed by atoms with Gasteiger partial charge in [-0.15, -0.1) is 0 Å². The van der Waals surface area contributed by atoms with E-state index < -0.39 is 12.1 Å². The van der Waals surface area contributed by atoms with Crippen molar-refractivity contribution in [2.24, 2.45) is 5.90 Å². The molecule has 2 atom stereocenters. The zero-order valence-electron chi connectivity index (χ0n) is 14.0. The number of nitrogens with zero attached hydrogens (tertiary/aromatic N) is 2. The molecule has 134 valence electrons. The SMILES string of the molecule is CC(=CCCC(ON)C(=O)O)C(Cc1ccc(F)cc1)n1ccnc1. The van der Waals surface area contributed by atoms with Crippen LogP contribution in [-0.2, 0) is 16.1 Å². The van der Waals surface area contributed by atoms with E-state index >= 15 is 0 Å². The van der Waals surface area contributed by atoms with E-state index in [0.29, 0.717) is 12.8 Å². The quantitative estimate of drug-likeness (QED) is 0.538. The van der Waals surface area contributed by atoms with Gasteiger partial charge in [-0.1, -0.05) is 23.8 Å². The van der Waals surface area contributed by atoms with Crippen molar-refractivity contribution in [2.45, 2.75) is 38.3 Å². The predicted molar refractivity (Wildman–Crippen MR) is 91.1 cm³/mol. The first kappa shape index (κ1) is 18.8. The number of imidazole rings is 1. The molecular weight excluding hydrogens is 325 g/mol. The summed E-state index contributed by atoms with van der Waals surface area (Å²) in [6, 6.07) is 6.41. The fraction of sp³-hybridized carbons (Fsp3) is 0.333. The van der Waals surface area contributed by atoms with Crippen LogP contribution in [0, 0.1) is 5.82 Å². The molecule has 25 heavy (non-hydrogen) atoms. The molecule has 0 aliphatic carbocycles. The lowest BCUT2D eigenvalue weighted by atomic mass is 9.98. The second-order valence-electron chi connectivity index (χ2n) is 5.84. The molecule has 0 bridgehead atoms. The van der Waals surface area contributed by atoms with Crippen LogP contribution in [0.3, 0.4) is 0 Å². The molecule has 1 aromatic carbocycles. The normalized spacial score (nSPS) is 14.3. The fourth-order valence-corrected chi connectivity index (χ4v) is 2.65. The third kappa shape index (κ3) is 5.51. The van der Waals surface area contributed by atoms with Crippen LogP contribution in [0.25, 0.3) is 0 Å². The summed E-state index contributed by atoms with van der Waals surface area (Å²) in [6.45, 7) is 1.98. The number of hydrogen-bond acceptors (Lipinski definition) is 4. The molecule has 2 unspecified atom stereocenters. The summed E-state index contributed by atoms with van der Waals surface area (Å²) < 4.78 is 15.1. The summed E-state index contributed by atoms with van der Waals surface area (Å²) in [5.41, 5.74) is 2.06. The number of rotatable bonds is 9. The number of benzene rings is 1. The predicted octanol–water partition coefficient (Wildman–Crippen LogP) is 2.88. The van der Waals surface area contributed by atoms with Crippen LogP contribution in [-0.4, -0.2) is 26.7 Å². The maximum absolute atomic E-state index is 13.1.